The van der Waals surface area contributed by atoms with Gasteiger partial charge in [0.1, 0.15) is 6.04 Å². The van der Waals surface area contributed by atoms with Crippen molar-refractivity contribution in [2.24, 2.45) is 0 Å². The van der Waals surface area contributed by atoms with Crippen molar-refractivity contribution in [3.05, 3.63) is 0 Å². The fourth-order valence-electron chi connectivity index (χ4n) is 2.97. The minimum Gasteiger partial charge on any atom is -0.342 e. The Bertz CT molecular complexity index is 346. The number of hydrogen-bond donors (Lipinski definition) is 0. The summed E-state index contributed by atoms with van der Waals surface area (Å²) in [6.45, 7) is 4.82. The molecule has 2 atom stereocenters. The average Bonchev–Trinajstić information content (AvgIpc) is 2.87. The van der Waals surface area contributed by atoms with Gasteiger partial charge in [0.05, 0.1) is 6.54 Å². The van der Waals surface area contributed by atoms with E-state index in [2.05, 4.69) is 0 Å². The molecule has 0 aromatic rings. The monoisotopic (exact) mass is 251 g/mol. The van der Waals surface area contributed by atoms with Crippen LogP contribution in [0.15, 0.2) is 0 Å². The smallest absolute Gasteiger partial charge is 0.241 e. The summed E-state index contributed by atoms with van der Waals surface area (Å²) in [5.74, 6) is 0.436. The van der Waals surface area contributed by atoms with Gasteiger partial charge in [-0.2, -0.15) is 0 Å². The molecule has 0 aromatic heterocycles. The van der Waals surface area contributed by atoms with Gasteiger partial charge >= 0.3 is 0 Å². The van der Waals surface area contributed by atoms with Gasteiger partial charge in [-0.3, -0.25) is 14.5 Å². The quantitative estimate of drug-likeness (QED) is 0.659. The van der Waals surface area contributed by atoms with Gasteiger partial charge in [0.15, 0.2) is 0 Å². The van der Waals surface area contributed by atoms with Crippen molar-refractivity contribution in [1.82, 2.24) is 14.7 Å². The molecule has 2 amide bonds. The van der Waals surface area contributed by atoms with Gasteiger partial charge in [-0.15, -0.1) is 0 Å². The average molecular weight is 251 g/mol. The predicted octanol–water partition coefficient (Wildman–Crippen LogP) is -0.0846. The molecule has 0 aliphatic carbocycles. The summed E-state index contributed by atoms with van der Waals surface area (Å²) in [7, 11) is 0. The summed E-state index contributed by atoms with van der Waals surface area (Å²) in [5.41, 5.74) is 0. The van der Waals surface area contributed by atoms with Crippen LogP contribution in [0.4, 0.5) is 0 Å². The van der Waals surface area contributed by atoms with Crippen molar-refractivity contribution in [2.45, 2.75) is 31.7 Å². The van der Waals surface area contributed by atoms with Crippen LogP contribution in [0.3, 0.4) is 0 Å². The van der Waals surface area contributed by atoms with E-state index in [0.29, 0.717) is 6.54 Å². The standard InChI is InChI=1S/C13H21N3O2/c17-12(14-5-1-2-6-14)10-16-9-11(16)13(18)15-7-3-4-8-15/h11H,1-10H2/t11-,16?/m1/s1. The molecular formula is C13H21N3O2. The van der Waals surface area contributed by atoms with Crippen LogP contribution in [0.5, 0.6) is 0 Å². The van der Waals surface area contributed by atoms with Crippen LogP contribution < -0.4 is 0 Å². The fraction of sp³-hybridized carbons (Fsp3) is 0.846. The molecule has 3 aliphatic heterocycles. The van der Waals surface area contributed by atoms with Gasteiger partial charge in [-0.1, -0.05) is 0 Å². The second-order valence-corrected chi connectivity index (χ2v) is 5.57. The van der Waals surface area contributed by atoms with Crippen molar-refractivity contribution >= 4 is 11.8 Å². The fourth-order valence-corrected chi connectivity index (χ4v) is 2.97. The zero-order valence-corrected chi connectivity index (χ0v) is 10.8. The van der Waals surface area contributed by atoms with Crippen LogP contribution in [0.25, 0.3) is 0 Å². The minimum absolute atomic E-state index is 0.00495. The van der Waals surface area contributed by atoms with Crippen molar-refractivity contribution in [2.75, 3.05) is 39.3 Å². The molecule has 3 rings (SSSR count). The molecule has 0 bridgehead atoms. The van der Waals surface area contributed by atoms with Crippen molar-refractivity contribution < 1.29 is 9.59 Å². The highest BCUT2D eigenvalue weighted by molar-refractivity contribution is 5.87. The van der Waals surface area contributed by atoms with Crippen LogP contribution in [0.2, 0.25) is 0 Å². The lowest BCUT2D eigenvalue weighted by Gasteiger charge is -2.17. The number of carbonyl (C=O) groups is 2. The molecule has 1 unspecified atom stereocenters. The van der Waals surface area contributed by atoms with Crippen LogP contribution >= 0.6 is 0 Å². The summed E-state index contributed by atoms with van der Waals surface area (Å²) in [5, 5.41) is 0. The van der Waals surface area contributed by atoms with Gasteiger partial charge in [-0.25, -0.2) is 0 Å². The SMILES string of the molecule is O=C(CN1C[C@@H]1C(=O)N1CCCC1)N1CCCC1. The van der Waals surface area contributed by atoms with Crippen LogP contribution in [0, 0.1) is 0 Å². The number of rotatable bonds is 3. The van der Waals surface area contributed by atoms with Gasteiger partial charge in [0.2, 0.25) is 11.8 Å². The number of amides is 2. The molecule has 0 saturated carbocycles. The van der Waals surface area contributed by atoms with E-state index in [1.54, 1.807) is 0 Å². The van der Waals surface area contributed by atoms with Crippen molar-refractivity contribution in [3.8, 4) is 0 Å². The summed E-state index contributed by atoms with van der Waals surface area (Å²) < 4.78 is 0. The molecular weight excluding hydrogens is 230 g/mol. The molecule has 3 heterocycles. The molecule has 18 heavy (non-hydrogen) atoms. The Morgan fingerprint density at radius 1 is 0.889 bits per heavy atom. The largest absolute Gasteiger partial charge is 0.342 e. The Labute approximate surface area is 108 Å². The number of nitrogens with zero attached hydrogens (tertiary/aromatic N) is 3. The van der Waals surface area contributed by atoms with E-state index in [1.807, 2.05) is 14.7 Å². The van der Waals surface area contributed by atoms with E-state index in [4.69, 9.17) is 0 Å². The van der Waals surface area contributed by atoms with E-state index < -0.39 is 0 Å². The van der Waals surface area contributed by atoms with Gasteiger partial charge < -0.3 is 9.80 Å². The third-order valence-corrected chi connectivity index (χ3v) is 4.21. The molecule has 3 aliphatic rings. The van der Waals surface area contributed by atoms with E-state index in [9.17, 15) is 9.59 Å². The summed E-state index contributed by atoms with van der Waals surface area (Å²) in [4.78, 5) is 29.9. The Hall–Kier alpha value is -1.10. The predicted molar refractivity (Wildman–Crippen MR) is 67.0 cm³/mol. The minimum atomic E-state index is -0.00495. The Kier molecular flexibility index (Phi) is 3.24. The Morgan fingerprint density at radius 2 is 1.44 bits per heavy atom. The maximum atomic E-state index is 12.1. The van der Waals surface area contributed by atoms with E-state index in [-0.39, 0.29) is 17.9 Å². The zero-order chi connectivity index (χ0) is 12.5. The van der Waals surface area contributed by atoms with Gasteiger partial charge in [-0.05, 0) is 25.7 Å². The third-order valence-electron chi connectivity index (χ3n) is 4.21. The molecule has 3 fully saturated rings. The lowest BCUT2D eigenvalue weighted by molar-refractivity contribution is -0.131. The normalized spacial score (nSPS) is 30.9. The first kappa shape index (κ1) is 12.0. The first-order chi connectivity index (χ1) is 8.75. The second kappa shape index (κ2) is 4.88. The van der Waals surface area contributed by atoms with Gasteiger partial charge in [0, 0.05) is 32.7 Å². The van der Waals surface area contributed by atoms with E-state index in [0.717, 1.165) is 58.4 Å². The number of hydrogen-bond acceptors (Lipinski definition) is 3. The summed E-state index contributed by atoms with van der Waals surface area (Å²) >= 11 is 0. The van der Waals surface area contributed by atoms with Crippen LogP contribution in [-0.4, -0.2) is 71.8 Å². The first-order valence-electron chi connectivity index (χ1n) is 7.06. The van der Waals surface area contributed by atoms with Gasteiger partial charge in [0.25, 0.3) is 0 Å². The highest BCUT2D eigenvalue weighted by Crippen LogP contribution is 2.22. The molecule has 0 radical (unpaired) electrons. The molecule has 100 valence electrons. The maximum Gasteiger partial charge on any atom is 0.241 e. The lowest BCUT2D eigenvalue weighted by Crippen LogP contribution is -2.37. The molecule has 0 aromatic carbocycles. The first-order valence-corrected chi connectivity index (χ1v) is 7.06. The van der Waals surface area contributed by atoms with Crippen molar-refractivity contribution in [1.29, 1.82) is 0 Å². The molecule has 0 N–H and O–H groups in total. The highest BCUT2D eigenvalue weighted by Gasteiger charge is 2.44. The van der Waals surface area contributed by atoms with E-state index >= 15 is 0 Å². The number of likely N-dealkylation sites (tertiary alicyclic amines) is 2. The lowest BCUT2D eigenvalue weighted by atomic mass is 10.4. The Balaban J connectivity index is 1.45. The summed E-state index contributed by atoms with van der Waals surface area (Å²) in [6, 6.07) is -0.00495. The maximum absolute atomic E-state index is 12.1. The number of carbonyl (C=O) groups excluding carboxylic acids is 2. The molecule has 3 saturated heterocycles. The highest BCUT2D eigenvalue weighted by atomic mass is 16.2. The Morgan fingerprint density at radius 3 is 2.06 bits per heavy atom. The van der Waals surface area contributed by atoms with Crippen LogP contribution in [0.1, 0.15) is 25.7 Å². The summed E-state index contributed by atoms with van der Waals surface area (Å²) in [6.07, 6.45) is 4.51. The molecule has 5 nitrogen and oxygen atoms in total. The van der Waals surface area contributed by atoms with E-state index in [1.165, 1.54) is 0 Å². The molecule has 0 spiro atoms. The topological polar surface area (TPSA) is 43.6 Å². The molecule has 5 heteroatoms. The van der Waals surface area contributed by atoms with Crippen molar-refractivity contribution in [3.63, 3.8) is 0 Å². The third kappa shape index (κ3) is 2.36. The van der Waals surface area contributed by atoms with Crippen LogP contribution in [-0.2, 0) is 9.59 Å². The zero-order valence-electron chi connectivity index (χ0n) is 10.8. The second-order valence-electron chi connectivity index (χ2n) is 5.57.